The van der Waals surface area contributed by atoms with Crippen molar-refractivity contribution in [1.29, 1.82) is 0 Å². The first-order valence-corrected chi connectivity index (χ1v) is 10.9. The molecule has 3 aromatic carbocycles. The number of carboxylic acid groups (broad SMARTS) is 1. The van der Waals surface area contributed by atoms with E-state index in [1.807, 2.05) is 18.2 Å². The summed E-state index contributed by atoms with van der Waals surface area (Å²) in [5, 5.41) is 9.05. The zero-order chi connectivity index (χ0) is 21.0. The van der Waals surface area contributed by atoms with Crippen molar-refractivity contribution in [2.75, 3.05) is 13.1 Å². The average molecular weight is 419 g/mol. The van der Waals surface area contributed by atoms with Crippen molar-refractivity contribution < 1.29 is 9.90 Å². The molecule has 1 aliphatic rings. The second-order valence-corrected chi connectivity index (χ2v) is 9.16. The van der Waals surface area contributed by atoms with E-state index in [1.54, 1.807) is 11.9 Å². The van der Waals surface area contributed by atoms with Gasteiger partial charge in [0.05, 0.1) is 0 Å². The fourth-order valence-electron chi connectivity index (χ4n) is 4.09. The van der Waals surface area contributed by atoms with Gasteiger partial charge in [0.2, 0.25) is 0 Å². The fraction of sp³-hybridized carbons (Fsp3) is 0.240. The summed E-state index contributed by atoms with van der Waals surface area (Å²) in [7, 11) is 0. The van der Waals surface area contributed by atoms with Crippen LogP contribution < -0.4 is 5.73 Å². The molecular weight excluding hydrogens is 392 g/mol. The highest BCUT2D eigenvalue weighted by Gasteiger charge is 2.44. The van der Waals surface area contributed by atoms with Crippen LogP contribution in [0.15, 0.2) is 89.8 Å². The summed E-state index contributed by atoms with van der Waals surface area (Å²) in [5.74, 6) is -0.968. The van der Waals surface area contributed by atoms with Gasteiger partial charge in [-0.15, -0.1) is 0 Å². The average Bonchev–Trinajstić information content (AvgIpc) is 2.73. The van der Waals surface area contributed by atoms with Gasteiger partial charge in [0.15, 0.2) is 0 Å². The molecule has 5 heteroatoms. The van der Waals surface area contributed by atoms with Gasteiger partial charge in [-0.3, -0.25) is 4.79 Å². The first kappa shape index (κ1) is 20.7. The van der Waals surface area contributed by atoms with Gasteiger partial charge in [0, 0.05) is 23.4 Å². The minimum absolute atomic E-state index is 0.110. The van der Waals surface area contributed by atoms with Gasteiger partial charge in [-0.1, -0.05) is 72.8 Å². The van der Waals surface area contributed by atoms with E-state index in [9.17, 15) is 4.79 Å². The third-order valence-electron chi connectivity index (χ3n) is 5.64. The minimum atomic E-state index is -0.968. The number of hydrogen-bond acceptors (Lipinski definition) is 4. The standard InChI is InChI=1S/C25H26N2O2S/c26-23(24(28)29)15-20-10-7-13-22(14-20)30-27-17-25(18-27,21-11-5-2-6-12-21)16-19-8-3-1-4-9-19/h1-14,23H,15-18,26H2,(H,28,29). The zero-order valence-corrected chi connectivity index (χ0v) is 17.6. The third-order valence-corrected chi connectivity index (χ3v) is 6.62. The molecule has 1 atom stereocenters. The summed E-state index contributed by atoms with van der Waals surface area (Å²) in [4.78, 5) is 12.2. The Labute approximate surface area is 181 Å². The highest BCUT2D eigenvalue weighted by atomic mass is 32.2. The van der Waals surface area contributed by atoms with E-state index in [0.717, 1.165) is 30.0 Å². The fourth-order valence-corrected chi connectivity index (χ4v) is 5.35. The van der Waals surface area contributed by atoms with Gasteiger partial charge in [0.25, 0.3) is 0 Å². The lowest BCUT2D eigenvalue weighted by molar-refractivity contribution is -0.138. The van der Waals surface area contributed by atoms with Crippen molar-refractivity contribution in [1.82, 2.24) is 4.31 Å². The zero-order valence-electron chi connectivity index (χ0n) is 16.8. The molecule has 30 heavy (non-hydrogen) atoms. The molecule has 0 bridgehead atoms. The number of aliphatic carboxylic acids is 1. The second-order valence-electron chi connectivity index (χ2n) is 7.99. The Morgan fingerprint density at radius 3 is 2.27 bits per heavy atom. The van der Waals surface area contributed by atoms with Crippen LogP contribution in [0, 0.1) is 0 Å². The van der Waals surface area contributed by atoms with Gasteiger partial charge in [0.1, 0.15) is 6.04 Å². The van der Waals surface area contributed by atoms with E-state index in [1.165, 1.54) is 11.1 Å². The lowest BCUT2D eigenvalue weighted by Crippen LogP contribution is -2.57. The van der Waals surface area contributed by atoms with Gasteiger partial charge in [-0.05, 0) is 53.6 Å². The normalized spacial score (nSPS) is 16.6. The molecule has 0 spiro atoms. The molecule has 0 radical (unpaired) electrons. The maximum atomic E-state index is 11.0. The predicted molar refractivity (Wildman–Crippen MR) is 121 cm³/mol. The van der Waals surface area contributed by atoms with Crippen molar-refractivity contribution in [2.45, 2.75) is 29.2 Å². The Balaban J connectivity index is 1.46. The van der Waals surface area contributed by atoms with Crippen molar-refractivity contribution >= 4 is 17.9 Å². The lowest BCUT2D eigenvalue weighted by Gasteiger charge is -2.50. The Bertz CT molecular complexity index is 988. The van der Waals surface area contributed by atoms with E-state index in [-0.39, 0.29) is 5.41 Å². The van der Waals surface area contributed by atoms with Gasteiger partial charge < -0.3 is 10.8 Å². The van der Waals surface area contributed by atoms with E-state index in [4.69, 9.17) is 10.8 Å². The Morgan fingerprint density at radius 2 is 1.60 bits per heavy atom. The summed E-state index contributed by atoms with van der Waals surface area (Å²) in [6.07, 6.45) is 1.36. The topological polar surface area (TPSA) is 66.6 Å². The molecule has 154 valence electrons. The maximum Gasteiger partial charge on any atom is 0.320 e. The number of rotatable bonds is 8. The molecule has 4 rings (SSSR count). The quantitative estimate of drug-likeness (QED) is 0.538. The summed E-state index contributed by atoms with van der Waals surface area (Å²) in [5.41, 5.74) is 9.49. The minimum Gasteiger partial charge on any atom is -0.480 e. The first-order chi connectivity index (χ1) is 14.5. The number of benzene rings is 3. The summed E-state index contributed by atoms with van der Waals surface area (Å²) >= 11 is 1.73. The number of hydrogen-bond donors (Lipinski definition) is 2. The molecule has 0 aromatic heterocycles. The van der Waals surface area contributed by atoms with Crippen LogP contribution in [0.4, 0.5) is 0 Å². The molecule has 0 saturated carbocycles. The van der Waals surface area contributed by atoms with Crippen LogP contribution in [0.2, 0.25) is 0 Å². The number of carboxylic acids is 1. The Morgan fingerprint density at radius 1 is 0.967 bits per heavy atom. The number of nitrogens with zero attached hydrogens (tertiary/aromatic N) is 1. The van der Waals surface area contributed by atoms with Crippen LogP contribution in [0.25, 0.3) is 0 Å². The van der Waals surface area contributed by atoms with Crippen LogP contribution in [0.5, 0.6) is 0 Å². The molecular formula is C25H26N2O2S. The van der Waals surface area contributed by atoms with Crippen LogP contribution in [-0.2, 0) is 23.1 Å². The highest BCUT2D eigenvalue weighted by Crippen LogP contribution is 2.43. The predicted octanol–water partition coefficient (Wildman–Crippen LogP) is 4.14. The lowest BCUT2D eigenvalue weighted by atomic mass is 9.71. The van der Waals surface area contributed by atoms with Gasteiger partial charge >= 0.3 is 5.97 Å². The molecule has 4 nitrogen and oxygen atoms in total. The summed E-state index contributed by atoms with van der Waals surface area (Å²) in [6.45, 7) is 1.94. The van der Waals surface area contributed by atoms with Crippen molar-refractivity contribution in [3.8, 4) is 0 Å². The van der Waals surface area contributed by atoms with Crippen LogP contribution in [0.1, 0.15) is 16.7 Å². The van der Waals surface area contributed by atoms with Crippen LogP contribution in [0.3, 0.4) is 0 Å². The Kier molecular flexibility index (Phi) is 6.23. The molecule has 1 heterocycles. The molecule has 1 fully saturated rings. The molecule has 0 aliphatic carbocycles. The summed E-state index contributed by atoms with van der Waals surface area (Å²) < 4.78 is 2.38. The van der Waals surface area contributed by atoms with Gasteiger partial charge in [-0.25, -0.2) is 4.31 Å². The number of carbonyl (C=O) groups is 1. The summed E-state index contributed by atoms with van der Waals surface area (Å²) in [6, 6.07) is 28.6. The van der Waals surface area contributed by atoms with Gasteiger partial charge in [-0.2, -0.15) is 0 Å². The maximum absolute atomic E-state index is 11.0. The monoisotopic (exact) mass is 418 g/mol. The Hall–Kier alpha value is -2.60. The molecule has 1 unspecified atom stereocenters. The van der Waals surface area contributed by atoms with Crippen molar-refractivity contribution in [2.24, 2.45) is 5.73 Å². The van der Waals surface area contributed by atoms with E-state index < -0.39 is 12.0 Å². The molecule has 3 N–H and O–H groups in total. The second kappa shape index (κ2) is 9.04. The molecule has 1 saturated heterocycles. The van der Waals surface area contributed by atoms with Crippen molar-refractivity contribution in [3.63, 3.8) is 0 Å². The highest BCUT2D eigenvalue weighted by molar-refractivity contribution is 7.97. The SMILES string of the molecule is NC(Cc1cccc(SN2CC(Cc3ccccc3)(c3ccccc3)C2)c1)C(=O)O. The molecule has 0 amide bonds. The molecule has 3 aromatic rings. The number of nitrogens with two attached hydrogens (primary N) is 1. The first-order valence-electron chi connectivity index (χ1n) is 10.1. The third kappa shape index (κ3) is 4.75. The van der Waals surface area contributed by atoms with Crippen molar-refractivity contribution in [3.05, 3.63) is 102 Å². The van der Waals surface area contributed by atoms with E-state index >= 15 is 0 Å². The van der Waals surface area contributed by atoms with Crippen LogP contribution in [-0.4, -0.2) is 34.5 Å². The largest absolute Gasteiger partial charge is 0.480 e. The van der Waals surface area contributed by atoms with Crippen LogP contribution >= 0.6 is 11.9 Å². The van der Waals surface area contributed by atoms with E-state index in [0.29, 0.717) is 6.42 Å². The smallest absolute Gasteiger partial charge is 0.320 e. The molecule has 1 aliphatic heterocycles. The van der Waals surface area contributed by atoms with E-state index in [2.05, 4.69) is 71.0 Å².